The Morgan fingerprint density at radius 2 is 2.00 bits per heavy atom. The maximum Gasteiger partial charge on any atom is 0.238 e. The van der Waals surface area contributed by atoms with Crippen LogP contribution < -0.4 is 10.6 Å². The molecule has 0 spiro atoms. The molecule has 0 radical (unpaired) electrons. The van der Waals surface area contributed by atoms with E-state index in [2.05, 4.69) is 41.8 Å². The van der Waals surface area contributed by atoms with Crippen LogP contribution in [0.15, 0.2) is 47.4 Å². The molecule has 2 N–H and O–H groups in total. The number of benzene rings is 2. The first-order valence-electron chi connectivity index (χ1n) is 9.12. The van der Waals surface area contributed by atoms with Crippen molar-refractivity contribution in [2.75, 3.05) is 5.32 Å². The zero-order valence-corrected chi connectivity index (χ0v) is 16.6. The summed E-state index contributed by atoms with van der Waals surface area (Å²) >= 11 is 7.40. The van der Waals surface area contributed by atoms with Gasteiger partial charge in [-0.25, -0.2) is 0 Å². The van der Waals surface area contributed by atoms with Crippen molar-refractivity contribution in [1.82, 2.24) is 5.32 Å². The van der Waals surface area contributed by atoms with E-state index in [1.54, 1.807) is 12.1 Å². The number of rotatable bonds is 5. The van der Waals surface area contributed by atoms with Crippen LogP contribution in [-0.4, -0.2) is 17.1 Å². The third-order valence-corrected chi connectivity index (χ3v) is 6.49. The lowest BCUT2D eigenvalue weighted by molar-refractivity contribution is -0.124. The molecule has 1 aliphatic heterocycles. The van der Waals surface area contributed by atoms with Crippen LogP contribution in [0, 0.1) is 12.8 Å². The van der Waals surface area contributed by atoms with Crippen LogP contribution in [0.1, 0.15) is 36.4 Å². The lowest BCUT2D eigenvalue weighted by Gasteiger charge is -2.25. The van der Waals surface area contributed by atoms with Crippen molar-refractivity contribution in [3.05, 3.63) is 58.6 Å². The molecule has 140 valence electrons. The number of amides is 2. The van der Waals surface area contributed by atoms with Crippen LogP contribution in [0.4, 0.5) is 5.69 Å². The first-order chi connectivity index (χ1) is 13.0. The summed E-state index contributed by atoms with van der Waals surface area (Å²) in [6, 6.07) is 13.8. The highest BCUT2D eigenvalue weighted by atomic mass is 35.5. The Balaban J connectivity index is 1.43. The minimum absolute atomic E-state index is 0.0286. The average Bonchev–Trinajstić information content (AvgIpc) is 3.46. The largest absolute Gasteiger partial charge is 0.349 e. The first kappa shape index (κ1) is 18.4. The molecule has 6 heteroatoms. The molecule has 0 bridgehead atoms. The summed E-state index contributed by atoms with van der Waals surface area (Å²) < 4.78 is 0. The van der Waals surface area contributed by atoms with Gasteiger partial charge in [-0.05, 0) is 49.4 Å². The van der Waals surface area contributed by atoms with Crippen LogP contribution in [0.5, 0.6) is 0 Å². The van der Waals surface area contributed by atoms with Gasteiger partial charge in [-0.15, -0.1) is 11.8 Å². The standard InChI is InChI=1S/C21H21ClN2O2S/c1-12-2-4-13(5-3-12)20(14-6-7-14)24-19(25)11-18-21(26)23-16-10-15(22)8-9-17(16)27-18/h2-5,8-10,14,18,20H,6-7,11H2,1H3,(H,23,26)(H,24,25). The van der Waals surface area contributed by atoms with E-state index in [9.17, 15) is 9.59 Å². The highest BCUT2D eigenvalue weighted by Gasteiger charge is 2.35. The van der Waals surface area contributed by atoms with Crippen molar-refractivity contribution in [3.63, 3.8) is 0 Å². The molecule has 2 amide bonds. The number of carbonyl (C=O) groups excluding carboxylic acids is 2. The Labute approximate surface area is 168 Å². The van der Waals surface area contributed by atoms with Crippen LogP contribution in [0.25, 0.3) is 0 Å². The Kier molecular flexibility index (Phi) is 5.15. The quantitative estimate of drug-likeness (QED) is 0.763. The number of anilines is 1. The summed E-state index contributed by atoms with van der Waals surface area (Å²) in [5.41, 5.74) is 3.05. The first-order valence-corrected chi connectivity index (χ1v) is 10.4. The van der Waals surface area contributed by atoms with Gasteiger partial charge in [-0.2, -0.15) is 0 Å². The molecule has 2 aromatic carbocycles. The molecule has 0 saturated heterocycles. The third kappa shape index (κ3) is 4.30. The Morgan fingerprint density at radius 3 is 2.70 bits per heavy atom. The number of hydrogen-bond donors (Lipinski definition) is 2. The summed E-state index contributed by atoms with van der Waals surface area (Å²) in [7, 11) is 0. The second-order valence-corrected chi connectivity index (χ2v) is 8.91. The predicted molar refractivity (Wildman–Crippen MR) is 109 cm³/mol. The molecule has 2 aromatic rings. The molecule has 0 aromatic heterocycles. The summed E-state index contributed by atoms with van der Waals surface area (Å²) in [5, 5.41) is 6.17. The molecular weight excluding hydrogens is 380 g/mol. The van der Waals surface area contributed by atoms with Gasteiger partial charge in [0.05, 0.1) is 17.0 Å². The molecule has 1 fully saturated rings. The topological polar surface area (TPSA) is 58.2 Å². The predicted octanol–water partition coefficient (Wildman–Crippen LogP) is 4.72. The SMILES string of the molecule is Cc1ccc(C(NC(=O)CC2Sc3ccc(Cl)cc3NC2=O)C2CC2)cc1. The molecule has 2 unspecified atom stereocenters. The van der Waals surface area contributed by atoms with E-state index in [0.29, 0.717) is 16.6 Å². The van der Waals surface area contributed by atoms with Gasteiger partial charge in [0, 0.05) is 16.3 Å². The molecule has 27 heavy (non-hydrogen) atoms. The number of hydrogen-bond acceptors (Lipinski definition) is 3. The highest BCUT2D eigenvalue weighted by molar-refractivity contribution is 8.01. The Hall–Kier alpha value is -1.98. The Morgan fingerprint density at radius 1 is 1.26 bits per heavy atom. The zero-order chi connectivity index (χ0) is 19.0. The van der Waals surface area contributed by atoms with Gasteiger partial charge in [0.25, 0.3) is 0 Å². The van der Waals surface area contributed by atoms with Crippen molar-refractivity contribution < 1.29 is 9.59 Å². The second-order valence-electron chi connectivity index (χ2n) is 7.23. The van der Waals surface area contributed by atoms with Crippen molar-refractivity contribution in [1.29, 1.82) is 0 Å². The minimum Gasteiger partial charge on any atom is -0.349 e. The lowest BCUT2D eigenvalue weighted by Crippen LogP contribution is -2.36. The second kappa shape index (κ2) is 7.56. The van der Waals surface area contributed by atoms with E-state index < -0.39 is 5.25 Å². The van der Waals surface area contributed by atoms with Gasteiger partial charge in [0.1, 0.15) is 0 Å². The fourth-order valence-corrected chi connectivity index (χ4v) is 4.60. The average molecular weight is 401 g/mol. The maximum absolute atomic E-state index is 12.7. The number of thioether (sulfide) groups is 1. The van der Waals surface area contributed by atoms with E-state index in [-0.39, 0.29) is 24.3 Å². The van der Waals surface area contributed by atoms with E-state index in [1.165, 1.54) is 17.3 Å². The fourth-order valence-electron chi connectivity index (χ4n) is 3.33. The minimum atomic E-state index is -0.434. The Bertz CT molecular complexity index is 880. The maximum atomic E-state index is 12.7. The van der Waals surface area contributed by atoms with Crippen molar-refractivity contribution in [2.45, 2.75) is 42.4 Å². The summed E-state index contributed by atoms with van der Waals surface area (Å²) in [4.78, 5) is 26.0. The number of nitrogens with one attached hydrogen (secondary N) is 2. The zero-order valence-electron chi connectivity index (χ0n) is 15.0. The molecule has 2 atom stereocenters. The molecule has 1 heterocycles. The van der Waals surface area contributed by atoms with Gasteiger partial charge < -0.3 is 10.6 Å². The highest BCUT2D eigenvalue weighted by Crippen LogP contribution is 2.42. The van der Waals surface area contributed by atoms with Gasteiger partial charge in [-0.1, -0.05) is 41.4 Å². The molecule has 1 saturated carbocycles. The van der Waals surface area contributed by atoms with E-state index in [1.807, 2.05) is 6.07 Å². The normalized spacial score (nSPS) is 19.8. The number of halogens is 1. The smallest absolute Gasteiger partial charge is 0.238 e. The van der Waals surface area contributed by atoms with Crippen molar-refractivity contribution >= 4 is 40.9 Å². The lowest BCUT2D eigenvalue weighted by atomic mass is 10.0. The van der Waals surface area contributed by atoms with Crippen LogP contribution >= 0.6 is 23.4 Å². The summed E-state index contributed by atoms with van der Waals surface area (Å²) in [6.45, 7) is 2.05. The van der Waals surface area contributed by atoms with Gasteiger partial charge in [0.15, 0.2) is 0 Å². The van der Waals surface area contributed by atoms with E-state index >= 15 is 0 Å². The van der Waals surface area contributed by atoms with E-state index in [4.69, 9.17) is 11.6 Å². The monoisotopic (exact) mass is 400 g/mol. The fraction of sp³-hybridized carbons (Fsp3) is 0.333. The van der Waals surface area contributed by atoms with Crippen LogP contribution in [0.2, 0.25) is 5.02 Å². The van der Waals surface area contributed by atoms with E-state index in [0.717, 1.165) is 23.3 Å². The molecule has 4 nitrogen and oxygen atoms in total. The van der Waals surface area contributed by atoms with Crippen LogP contribution in [0.3, 0.4) is 0 Å². The molecule has 4 rings (SSSR count). The molecule has 2 aliphatic rings. The number of carbonyl (C=O) groups is 2. The third-order valence-electron chi connectivity index (χ3n) is 4.98. The summed E-state index contributed by atoms with van der Waals surface area (Å²) in [6.07, 6.45) is 2.42. The molecular formula is C21H21ClN2O2S. The van der Waals surface area contributed by atoms with Gasteiger partial charge >= 0.3 is 0 Å². The van der Waals surface area contributed by atoms with Crippen molar-refractivity contribution in [3.8, 4) is 0 Å². The van der Waals surface area contributed by atoms with Gasteiger partial charge in [0.2, 0.25) is 11.8 Å². The van der Waals surface area contributed by atoms with Crippen LogP contribution in [-0.2, 0) is 9.59 Å². The summed E-state index contributed by atoms with van der Waals surface area (Å²) in [5.74, 6) is 0.258. The number of aryl methyl sites for hydroxylation is 1. The van der Waals surface area contributed by atoms with Gasteiger partial charge in [-0.3, -0.25) is 9.59 Å². The molecule has 1 aliphatic carbocycles. The number of fused-ring (bicyclic) bond motifs is 1. The van der Waals surface area contributed by atoms with Crippen molar-refractivity contribution in [2.24, 2.45) is 5.92 Å².